The van der Waals surface area contributed by atoms with Gasteiger partial charge in [-0.25, -0.2) is 0 Å². The maximum absolute atomic E-state index is 8.33. The molecule has 0 aromatic carbocycles. The highest BCUT2D eigenvalue weighted by molar-refractivity contribution is 4.94. The van der Waals surface area contributed by atoms with E-state index in [1.165, 1.54) is 0 Å². The fourth-order valence-electron chi connectivity index (χ4n) is 1.82. The first kappa shape index (κ1) is 7.84. The average Bonchev–Trinajstić information content (AvgIpc) is 2.58. The quantitative estimate of drug-likeness (QED) is 0.529. The molecule has 0 N–H and O–H groups in total. The minimum Gasteiger partial charge on any atom is -0.419 e. The summed E-state index contributed by atoms with van der Waals surface area (Å²) in [6, 6.07) is 0. The van der Waals surface area contributed by atoms with Crippen LogP contribution in [0.3, 0.4) is 0 Å². The van der Waals surface area contributed by atoms with Gasteiger partial charge in [0.15, 0.2) is 6.10 Å². The van der Waals surface area contributed by atoms with E-state index in [0.29, 0.717) is 19.1 Å². The van der Waals surface area contributed by atoms with E-state index in [4.69, 9.17) is 19.5 Å². The van der Waals surface area contributed by atoms with Gasteiger partial charge >= 0.3 is 0 Å². The topological polar surface area (TPSA) is 51.5 Å². The summed E-state index contributed by atoms with van der Waals surface area (Å²) < 4.78 is 15.7. The molecule has 0 spiro atoms. The van der Waals surface area contributed by atoms with E-state index in [0.717, 1.165) is 0 Å². The highest BCUT2D eigenvalue weighted by Crippen LogP contribution is 2.31. The number of rotatable bonds is 1. The summed E-state index contributed by atoms with van der Waals surface area (Å²) in [5.41, 5.74) is 0. The second-order valence-electron chi connectivity index (χ2n) is 3.32. The van der Waals surface area contributed by atoms with Crippen LogP contribution in [-0.2, 0) is 14.2 Å². The number of ether oxygens (including phenoxy) is 3. The van der Waals surface area contributed by atoms with Gasteiger partial charge in [0.1, 0.15) is 6.10 Å². The van der Waals surface area contributed by atoms with Gasteiger partial charge < -0.3 is 14.2 Å². The lowest BCUT2D eigenvalue weighted by Crippen LogP contribution is -2.29. The molecule has 4 atom stereocenters. The average molecular weight is 169 g/mol. The molecule has 2 aliphatic rings. The Morgan fingerprint density at radius 2 is 2.08 bits per heavy atom. The fraction of sp³-hybridized carbons (Fsp3) is 0.875. The van der Waals surface area contributed by atoms with E-state index in [9.17, 15) is 0 Å². The van der Waals surface area contributed by atoms with Crippen LogP contribution < -0.4 is 0 Å². The molecule has 4 heteroatoms. The van der Waals surface area contributed by atoms with Gasteiger partial charge in [-0.2, -0.15) is 5.26 Å². The van der Waals surface area contributed by atoms with E-state index in [1.54, 1.807) is 6.26 Å². The molecule has 0 unspecified atom stereocenters. The number of hydrogen-bond acceptors (Lipinski definition) is 4. The largest absolute Gasteiger partial charge is 0.419 e. The Kier molecular flexibility index (Phi) is 1.91. The van der Waals surface area contributed by atoms with Crippen LogP contribution in [0, 0.1) is 17.4 Å². The predicted molar refractivity (Wildman–Crippen MR) is 39.1 cm³/mol. The number of nitriles is 1. The Morgan fingerprint density at radius 3 is 2.83 bits per heavy atom. The van der Waals surface area contributed by atoms with Crippen molar-refractivity contribution in [3.05, 3.63) is 0 Å². The zero-order chi connectivity index (χ0) is 8.55. The highest BCUT2D eigenvalue weighted by atomic mass is 16.6. The Bertz CT molecular complexity index is 213. The third-order valence-electron chi connectivity index (χ3n) is 2.46. The van der Waals surface area contributed by atoms with Crippen molar-refractivity contribution in [3.8, 4) is 6.26 Å². The van der Waals surface area contributed by atoms with Gasteiger partial charge in [0.2, 0.25) is 0 Å². The van der Waals surface area contributed by atoms with Crippen molar-refractivity contribution in [2.24, 2.45) is 5.92 Å². The monoisotopic (exact) mass is 169 g/mol. The zero-order valence-electron chi connectivity index (χ0n) is 6.90. The molecule has 2 fully saturated rings. The maximum atomic E-state index is 8.33. The molecular formula is C8H11NO3. The van der Waals surface area contributed by atoms with Gasteiger partial charge in [-0.05, 0) is 0 Å². The molecule has 0 aromatic heterocycles. The van der Waals surface area contributed by atoms with Crippen LogP contribution in [0.1, 0.15) is 6.92 Å². The summed E-state index contributed by atoms with van der Waals surface area (Å²) in [6.45, 7) is 3.27. The Balaban J connectivity index is 2.02. The van der Waals surface area contributed by atoms with E-state index < -0.39 is 0 Å². The Morgan fingerprint density at radius 1 is 1.33 bits per heavy atom. The van der Waals surface area contributed by atoms with E-state index in [-0.39, 0.29) is 18.3 Å². The SMILES string of the molecule is C[C@@H]1CO[C@H]2[C@@H]1OC[C@H]2OC#N. The normalized spacial score (nSPS) is 45.3. The van der Waals surface area contributed by atoms with Gasteiger partial charge in [-0.3, -0.25) is 0 Å². The summed E-state index contributed by atoms with van der Waals surface area (Å²) in [7, 11) is 0. The predicted octanol–water partition coefficient (Wildman–Crippen LogP) is 0.286. The molecule has 0 aromatic rings. The van der Waals surface area contributed by atoms with Gasteiger partial charge in [0.25, 0.3) is 6.26 Å². The number of nitrogens with zero attached hydrogens (tertiary/aromatic N) is 1. The minimum absolute atomic E-state index is 0.0281. The molecular weight excluding hydrogens is 158 g/mol. The van der Waals surface area contributed by atoms with Gasteiger partial charge in [-0.15, -0.1) is 0 Å². The summed E-state index contributed by atoms with van der Waals surface area (Å²) in [5, 5.41) is 8.33. The third-order valence-corrected chi connectivity index (χ3v) is 2.46. The molecule has 4 nitrogen and oxygen atoms in total. The van der Waals surface area contributed by atoms with E-state index >= 15 is 0 Å². The van der Waals surface area contributed by atoms with Crippen LogP contribution >= 0.6 is 0 Å². The van der Waals surface area contributed by atoms with Crippen LogP contribution in [0.25, 0.3) is 0 Å². The lowest BCUT2D eigenvalue weighted by Gasteiger charge is -2.12. The first-order valence-corrected chi connectivity index (χ1v) is 4.11. The smallest absolute Gasteiger partial charge is 0.286 e. The van der Waals surface area contributed by atoms with E-state index in [1.807, 2.05) is 0 Å². The van der Waals surface area contributed by atoms with E-state index in [2.05, 4.69) is 6.92 Å². The molecule has 0 radical (unpaired) electrons. The second kappa shape index (κ2) is 2.92. The summed E-state index contributed by atoms with van der Waals surface area (Å²) >= 11 is 0. The van der Waals surface area contributed by atoms with Crippen LogP contribution in [-0.4, -0.2) is 31.5 Å². The van der Waals surface area contributed by atoms with Crippen LogP contribution in [0.4, 0.5) is 0 Å². The molecule has 0 saturated carbocycles. The maximum Gasteiger partial charge on any atom is 0.286 e. The highest BCUT2D eigenvalue weighted by Gasteiger charge is 2.47. The van der Waals surface area contributed by atoms with Crippen molar-refractivity contribution < 1.29 is 14.2 Å². The van der Waals surface area contributed by atoms with Gasteiger partial charge in [0.05, 0.1) is 19.3 Å². The van der Waals surface area contributed by atoms with Crippen molar-refractivity contribution in [1.29, 1.82) is 5.26 Å². The number of fused-ring (bicyclic) bond motifs is 1. The lowest BCUT2D eigenvalue weighted by atomic mass is 10.0. The van der Waals surface area contributed by atoms with Gasteiger partial charge in [-0.1, -0.05) is 6.92 Å². The van der Waals surface area contributed by atoms with Crippen molar-refractivity contribution in [3.63, 3.8) is 0 Å². The Labute approximate surface area is 71.0 Å². The molecule has 66 valence electrons. The fourth-order valence-corrected chi connectivity index (χ4v) is 1.82. The molecule has 2 heterocycles. The zero-order valence-corrected chi connectivity index (χ0v) is 6.90. The van der Waals surface area contributed by atoms with Crippen molar-refractivity contribution in [2.75, 3.05) is 13.2 Å². The van der Waals surface area contributed by atoms with Crippen LogP contribution in [0.2, 0.25) is 0 Å². The van der Waals surface area contributed by atoms with Crippen LogP contribution in [0.15, 0.2) is 0 Å². The molecule has 2 saturated heterocycles. The third kappa shape index (κ3) is 1.06. The Hall–Kier alpha value is -0.790. The lowest BCUT2D eigenvalue weighted by molar-refractivity contribution is 0.0150. The first-order valence-electron chi connectivity index (χ1n) is 4.11. The first-order chi connectivity index (χ1) is 5.83. The molecule has 0 amide bonds. The van der Waals surface area contributed by atoms with Gasteiger partial charge in [0, 0.05) is 5.92 Å². The molecule has 12 heavy (non-hydrogen) atoms. The number of hydrogen-bond donors (Lipinski definition) is 0. The molecule has 0 bridgehead atoms. The van der Waals surface area contributed by atoms with Crippen LogP contribution in [0.5, 0.6) is 0 Å². The minimum atomic E-state index is -0.190. The standard InChI is InChI=1S/C8H11NO3/c1-5-2-10-8-6(12-4-9)3-11-7(5)8/h5-8H,2-3H2,1H3/t5-,6-,7-,8-/m1/s1. The van der Waals surface area contributed by atoms with Crippen molar-refractivity contribution in [2.45, 2.75) is 25.2 Å². The molecule has 2 aliphatic heterocycles. The summed E-state index contributed by atoms with van der Waals surface area (Å²) in [6.07, 6.45) is 1.59. The summed E-state index contributed by atoms with van der Waals surface area (Å²) in [5.74, 6) is 0.419. The van der Waals surface area contributed by atoms with Crippen molar-refractivity contribution >= 4 is 0 Å². The molecule has 0 aliphatic carbocycles. The molecule has 2 rings (SSSR count). The summed E-state index contributed by atoms with van der Waals surface area (Å²) in [4.78, 5) is 0. The van der Waals surface area contributed by atoms with Crippen molar-refractivity contribution in [1.82, 2.24) is 0 Å². The second-order valence-corrected chi connectivity index (χ2v) is 3.32.